The fourth-order valence-corrected chi connectivity index (χ4v) is 5.16. The van der Waals surface area contributed by atoms with Crippen molar-refractivity contribution in [2.75, 3.05) is 0 Å². The maximum absolute atomic E-state index is 14.9. The third-order valence-electron chi connectivity index (χ3n) is 6.16. The summed E-state index contributed by atoms with van der Waals surface area (Å²) in [6.45, 7) is 3.56. The highest BCUT2D eigenvalue weighted by Gasteiger charge is 2.35. The number of rotatable bonds is 6. The van der Waals surface area contributed by atoms with E-state index in [1.807, 2.05) is 6.92 Å². The summed E-state index contributed by atoms with van der Waals surface area (Å²) in [6.07, 6.45) is 2.47. The van der Waals surface area contributed by atoms with Crippen LogP contribution in [0.5, 0.6) is 0 Å². The number of nitrogens with one attached hydrogen (secondary N) is 1. The molecule has 2 aromatic heterocycles. The van der Waals surface area contributed by atoms with Crippen LogP contribution in [0.15, 0.2) is 47.3 Å². The molecule has 4 aromatic rings. The Balaban J connectivity index is 1.67. The van der Waals surface area contributed by atoms with Crippen molar-refractivity contribution in [3.05, 3.63) is 86.3 Å². The predicted molar refractivity (Wildman–Crippen MR) is 126 cm³/mol. The number of amides is 1. The number of hydrogen-bond donors (Lipinski definition) is 1. The van der Waals surface area contributed by atoms with Crippen molar-refractivity contribution in [2.24, 2.45) is 5.92 Å². The van der Waals surface area contributed by atoms with E-state index in [0.717, 1.165) is 17.8 Å². The highest BCUT2D eigenvalue weighted by Crippen LogP contribution is 2.41. The van der Waals surface area contributed by atoms with E-state index >= 15 is 0 Å². The fourth-order valence-electron chi connectivity index (χ4n) is 4.33. The molecule has 0 saturated heterocycles. The zero-order chi connectivity index (χ0) is 24.0. The number of benzene rings is 2. The first-order chi connectivity index (χ1) is 16.4. The summed E-state index contributed by atoms with van der Waals surface area (Å²) in [5, 5.41) is 12.3. The molecule has 5 rings (SSSR count). The average molecular weight is 481 g/mol. The van der Waals surface area contributed by atoms with Crippen LogP contribution in [0.2, 0.25) is 0 Å². The molecule has 6 nitrogen and oxygen atoms in total. The molecule has 1 atom stereocenters. The van der Waals surface area contributed by atoms with E-state index in [-0.39, 0.29) is 39.2 Å². The second-order valence-corrected chi connectivity index (χ2v) is 9.48. The summed E-state index contributed by atoms with van der Waals surface area (Å²) in [5.41, 5.74) is 0.608. The third-order valence-corrected chi connectivity index (χ3v) is 7.21. The molecule has 1 amide bonds. The van der Waals surface area contributed by atoms with Crippen LogP contribution < -0.4 is 10.9 Å². The van der Waals surface area contributed by atoms with Crippen molar-refractivity contribution in [3.63, 3.8) is 0 Å². The van der Waals surface area contributed by atoms with Gasteiger partial charge in [-0.1, -0.05) is 42.5 Å². The fraction of sp³-hybridized carbons (Fsp3) is 0.280. The molecular weight excluding hydrogens is 458 g/mol. The maximum Gasteiger partial charge on any atom is 0.268 e. The van der Waals surface area contributed by atoms with Crippen LogP contribution in [0.4, 0.5) is 8.78 Å². The van der Waals surface area contributed by atoms with Crippen LogP contribution >= 0.6 is 11.3 Å². The normalized spacial score (nSPS) is 14.4. The summed E-state index contributed by atoms with van der Waals surface area (Å²) >= 11 is 1.22. The van der Waals surface area contributed by atoms with Gasteiger partial charge >= 0.3 is 0 Å². The molecule has 1 N–H and O–H groups in total. The van der Waals surface area contributed by atoms with Crippen molar-refractivity contribution in [3.8, 4) is 5.13 Å². The van der Waals surface area contributed by atoms with Gasteiger partial charge in [-0.25, -0.2) is 8.78 Å². The Morgan fingerprint density at radius 2 is 1.97 bits per heavy atom. The number of aryl methyl sites for hydroxylation is 1. The summed E-state index contributed by atoms with van der Waals surface area (Å²) in [6, 6.07) is 10.0. The SMILES string of the molecule is CCc1nnc(-n2c(C)c(C(=O)N[C@H](c3cccc(F)c3)C3CC3)c3cccc(F)c3c2=O)s1. The number of carbonyl (C=O) groups is 1. The zero-order valence-electron chi connectivity index (χ0n) is 18.6. The van der Waals surface area contributed by atoms with Gasteiger partial charge in [0.1, 0.15) is 16.6 Å². The van der Waals surface area contributed by atoms with Crippen LogP contribution in [0.1, 0.15) is 52.4 Å². The standard InChI is InChI=1S/C25H22F2N4O2S/c1-3-19-29-30-25(34-19)31-13(2)20(17-8-5-9-18(27)21(17)24(31)33)23(32)28-22(14-10-11-14)15-6-4-7-16(26)12-15/h4-9,12,14,22H,3,10-11H2,1-2H3,(H,28,32)/t22-/m0/s1. The van der Waals surface area contributed by atoms with E-state index in [9.17, 15) is 18.4 Å². The maximum atomic E-state index is 14.9. The molecule has 0 aliphatic heterocycles. The molecular formula is C25H22F2N4O2S. The van der Waals surface area contributed by atoms with Crippen molar-refractivity contribution >= 4 is 28.0 Å². The van der Waals surface area contributed by atoms with Crippen molar-refractivity contribution < 1.29 is 13.6 Å². The topological polar surface area (TPSA) is 76.9 Å². The summed E-state index contributed by atoms with van der Waals surface area (Å²) in [4.78, 5) is 27.0. The van der Waals surface area contributed by atoms with Crippen molar-refractivity contribution in [2.45, 2.75) is 39.2 Å². The lowest BCUT2D eigenvalue weighted by Crippen LogP contribution is -2.33. The number of pyridine rings is 1. The number of hydrogen-bond acceptors (Lipinski definition) is 5. The highest BCUT2D eigenvalue weighted by atomic mass is 32.1. The zero-order valence-corrected chi connectivity index (χ0v) is 19.5. The Bertz CT molecular complexity index is 1480. The van der Waals surface area contributed by atoms with Crippen LogP contribution in [-0.4, -0.2) is 20.7 Å². The number of halogens is 2. The summed E-state index contributed by atoms with van der Waals surface area (Å²) in [5.74, 6) is -1.36. The number of aromatic nitrogens is 3. The number of fused-ring (bicyclic) bond motifs is 1. The molecule has 1 aliphatic carbocycles. The summed E-state index contributed by atoms with van der Waals surface area (Å²) < 4.78 is 30.0. The van der Waals surface area contributed by atoms with Gasteiger partial charge in [0.15, 0.2) is 0 Å². The molecule has 9 heteroatoms. The van der Waals surface area contributed by atoms with Crippen molar-refractivity contribution in [1.29, 1.82) is 0 Å². The van der Waals surface area contributed by atoms with Gasteiger partial charge in [0, 0.05) is 11.1 Å². The lowest BCUT2D eigenvalue weighted by atomic mass is 9.99. The molecule has 0 bridgehead atoms. The largest absolute Gasteiger partial charge is 0.345 e. The van der Waals surface area contributed by atoms with E-state index in [1.54, 1.807) is 25.1 Å². The minimum absolute atomic E-state index is 0.180. The van der Waals surface area contributed by atoms with Gasteiger partial charge in [0.25, 0.3) is 11.5 Å². The molecule has 1 fully saturated rings. The molecule has 1 saturated carbocycles. The van der Waals surface area contributed by atoms with Crippen LogP contribution in [0.25, 0.3) is 15.9 Å². The predicted octanol–water partition coefficient (Wildman–Crippen LogP) is 4.87. The van der Waals surface area contributed by atoms with Crippen LogP contribution in [0, 0.1) is 24.5 Å². The number of carbonyl (C=O) groups excluding carboxylic acids is 1. The van der Waals surface area contributed by atoms with Crippen molar-refractivity contribution in [1.82, 2.24) is 20.1 Å². The Kier molecular flexibility index (Phi) is 5.73. The van der Waals surface area contributed by atoms with Gasteiger partial charge in [0.2, 0.25) is 5.13 Å². The van der Waals surface area contributed by atoms with Gasteiger partial charge < -0.3 is 5.32 Å². The van der Waals surface area contributed by atoms with E-state index < -0.39 is 17.3 Å². The molecule has 0 radical (unpaired) electrons. The molecule has 0 spiro atoms. The second-order valence-electron chi connectivity index (χ2n) is 8.44. The molecule has 174 valence electrons. The van der Waals surface area contributed by atoms with E-state index in [2.05, 4.69) is 15.5 Å². The first-order valence-electron chi connectivity index (χ1n) is 11.1. The van der Waals surface area contributed by atoms with Crippen LogP contribution in [0.3, 0.4) is 0 Å². The monoisotopic (exact) mass is 480 g/mol. The van der Waals surface area contributed by atoms with E-state index in [1.165, 1.54) is 40.2 Å². The molecule has 1 aliphatic rings. The average Bonchev–Trinajstić information content (AvgIpc) is 3.54. The van der Waals surface area contributed by atoms with E-state index in [4.69, 9.17) is 0 Å². The van der Waals surface area contributed by atoms with Gasteiger partial charge in [-0.2, -0.15) is 0 Å². The molecule has 34 heavy (non-hydrogen) atoms. The Hall–Kier alpha value is -3.46. The molecule has 0 unspecified atom stereocenters. The Morgan fingerprint density at radius 1 is 1.21 bits per heavy atom. The Morgan fingerprint density at radius 3 is 2.65 bits per heavy atom. The second kappa shape index (κ2) is 8.72. The first-order valence-corrected chi connectivity index (χ1v) is 11.9. The molecule has 2 heterocycles. The third kappa shape index (κ3) is 3.90. The van der Waals surface area contributed by atoms with Gasteiger partial charge in [-0.15, -0.1) is 10.2 Å². The highest BCUT2D eigenvalue weighted by molar-refractivity contribution is 7.13. The number of nitrogens with zero attached hydrogens (tertiary/aromatic N) is 3. The first kappa shape index (κ1) is 22.3. The van der Waals surface area contributed by atoms with Gasteiger partial charge in [-0.3, -0.25) is 14.2 Å². The quantitative estimate of drug-likeness (QED) is 0.427. The van der Waals surface area contributed by atoms with Crippen LogP contribution in [-0.2, 0) is 6.42 Å². The van der Waals surface area contributed by atoms with Gasteiger partial charge in [0.05, 0.1) is 17.0 Å². The minimum atomic E-state index is -0.714. The van der Waals surface area contributed by atoms with Gasteiger partial charge in [-0.05, 0) is 55.9 Å². The minimum Gasteiger partial charge on any atom is -0.345 e. The molecule has 2 aromatic carbocycles. The Labute approximate surface area is 198 Å². The smallest absolute Gasteiger partial charge is 0.268 e. The lowest BCUT2D eigenvalue weighted by Gasteiger charge is -2.21. The lowest BCUT2D eigenvalue weighted by molar-refractivity contribution is 0.0932. The van der Waals surface area contributed by atoms with E-state index in [0.29, 0.717) is 17.7 Å². The summed E-state index contributed by atoms with van der Waals surface area (Å²) in [7, 11) is 0.